The normalized spacial score (nSPS) is 18.6. The Kier molecular flexibility index (Phi) is 5.63. The molecule has 7 heteroatoms. The molecule has 0 radical (unpaired) electrons. The Hall–Kier alpha value is -5.91. The predicted molar refractivity (Wildman–Crippen MR) is 186 cm³/mol. The smallest absolute Gasteiger partial charge is 0.178 e. The van der Waals surface area contributed by atoms with Crippen molar-refractivity contribution in [2.45, 2.75) is 18.6 Å². The van der Waals surface area contributed by atoms with Gasteiger partial charge in [-0.15, -0.1) is 0 Å². The number of nitrogens with zero attached hydrogens (tertiary/aromatic N) is 2. The van der Waals surface area contributed by atoms with Crippen molar-refractivity contribution in [2.75, 3.05) is 0 Å². The molecule has 10 rings (SSSR count). The van der Waals surface area contributed by atoms with Crippen LogP contribution in [-0.4, -0.2) is 4.57 Å². The second kappa shape index (κ2) is 10.0. The molecule has 4 heterocycles. The minimum absolute atomic E-state index is 0.269. The van der Waals surface area contributed by atoms with Gasteiger partial charge in [0, 0.05) is 32.3 Å². The molecular formula is C40H27N5O2. The van der Waals surface area contributed by atoms with Crippen LogP contribution in [0.3, 0.4) is 0 Å². The molecule has 0 bridgehead atoms. The molecule has 3 N–H and O–H groups in total. The van der Waals surface area contributed by atoms with Crippen LogP contribution in [0.1, 0.15) is 35.3 Å². The Morgan fingerprint density at radius 1 is 0.553 bits per heavy atom. The zero-order valence-corrected chi connectivity index (χ0v) is 25.1. The third-order valence-electron chi connectivity index (χ3n) is 9.56. The van der Waals surface area contributed by atoms with Crippen LogP contribution in [0.25, 0.3) is 65.7 Å². The fourth-order valence-corrected chi connectivity index (χ4v) is 7.50. The summed E-state index contributed by atoms with van der Waals surface area (Å²) in [6.07, 6.45) is -0.847. The molecule has 3 aromatic heterocycles. The summed E-state index contributed by atoms with van der Waals surface area (Å²) in [5.74, 6) is 0. The lowest BCUT2D eigenvalue weighted by Gasteiger charge is -2.40. The lowest BCUT2D eigenvalue weighted by atomic mass is 10.0. The second-order valence-electron chi connectivity index (χ2n) is 12.1. The van der Waals surface area contributed by atoms with Crippen molar-refractivity contribution >= 4 is 65.7 Å². The highest BCUT2D eigenvalue weighted by Gasteiger charge is 2.33. The molecule has 6 aromatic carbocycles. The number of nitrogens with one attached hydrogen (secondary N) is 3. The van der Waals surface area contributed by atoms with Crippen molar-refractivity contribution in [1.82, 2.24) is 20.5 Å². The van der Waals surface area contributed by atoms with Gasteiger partial charge in [-0.05, 0) is 59.7 Å². The van der Waals surface area contributed by atoms with Crippen LogP contribution in [0, 0.1) is 11.3 Å². The first-order valence-electron chi connectivity index (χ1n) is 15.8. The van der Waals surface area contributed by atoms with E-state index < -0.39 is 0 Å². The monoisotopic (exact) mass is 609 g/mol. The Labute approximate surface area is 268 Å². The number of aromatic nitrogens is 1. The summed E-state index contributed by atoms with van der Waals surface area (Å²) in [6, 6.07) is 45.7. The van der Waals surface area contributed by atoms with Crippen molar-refractivity contribution in [2.24, 2.45) is 0 Å². The SMILES string of the molecule is N#Cc1cccc(C2NC(c3cccc4oc5c(ccc6c7ccccc7oc65)c34)NC(n3c4ccccc4c4ccccc43)N2)c1. The van der Waals surface area contributed by atoms with Gasteiger partial charge in [-0.2, -0.15) is 5.26 Å². The summed E-state index contributed by atoms with van der Waals surface area (Å²) in [6.45, 7) is 0. The second-order valence-corrected chi connectivity index (χ2v) is 12.1. The molecule has 1 fully saturated rings. The third-order valence-corrected chi connectivity index (χ3v) is 9.56. The van der Waals surface area contributed by atoms with Gasteiger partial charge in [0.2, 0.25) is 0 Å². The van der Waals surface area contributed by atoms with Crippen molar-refractivity contribution in [3.05, 3.63) is 144 Å². The van der Waals surface area contributed by atoms with E-state index >= 15 is 0 Å². The topological polar surface area (TPSA) is 91.1 Å². The number of benzene rings is 6. The van der Waals surface area contributed by atoms with Gasteiger partial charge in [0.25, 0.3) is 0 Å². The number of furan rings is 2. The number of para-hydroxylation sites is 3. The van der Waals surface area contributed by atoms with Crippen LogP contribution in [0.15, 0.2) is 136 Å². The maximum absolute atomic E-state index is 9.72. The zero-order chi connectivity index (χ0) is 31.1. The van der Waals surface area contributed by atoms with Crippen molar-refractivity contribution < 1.29 is 8.83 Å². The first-order valence-corrected chi connectivity index (χ1v) is 15.8. The summed E-state index contributed by atoms with van der Waals surface area (Å²) < 4.78 is 15.3. The standard InChI is InChI=1S/C40H27N5O2/c41-22-23-9-7-10-24(21-23)38-42-39(44-40(43-38)45-31-15-4-1-11-25(31)26-12-2-5-16-32(26)45)30-14-8-18-34-35(30)29-20-19-28-27-13-3-6-17-33(27)46-36(28)37(29)47-34/h1-21,38-40,42-44H. The average molecular weight is 610 g/mol. The van der Waals surface area contributed by atoms with Crippen molar-refractivity contribution in [1.29, 1.82) is 5.26 Å². The Bertz CT molecular complexity index is 2670. The van der Waals surface area contributed by atoms with Gasteiger partial charge >= 0.3 is 0 Å². The lowest BCUT2D eigenvalue weighted by molar-refractivity contribution is 0.161. The molecule has 0 amide bonds. The van der Waals surface area contributed by atoms with Gasteiger partial charge in [-0.25, -0.2) is 0 Å². The van der Waals surface area contributed by atoms with Gasteiger partial charge in [0.1, 0.15) is 17.5 Å². The average Bonchev–Trinajstić information content (AvgIpc) is 3.81. The molecule has 0 spiro atoms. The highest BCUT2D eigenvalue weighted by Crippen LogP contribution is 2.42. The first-order chi connectivity index (χ1) is 23.2. The number of hydrogen-bond acceptors (Lipinski definition) is 6. The maximum atomic E-state index is 9.72. The van der Waals surface area contributed by atoms with Crippen LogP contribution in [0.2, 0.25) is 0 Å². The summed E-state index contributed by atoms with van der Waals surface area (Å²) in [4.78, 5) is 0. The Morgan fingerprint density at radius 3 is 2.00 bits per heavy atom. The molecule has 224 valence electrons. The highest BCUT2D eigenvalue weighted by atomic mass is 16.4. The molecule has 7 nitrogen and oxygen atoms in total. The Balaban J connectivity index is 1.18. The molecule has 3 unspecified atom stereocenters. The highest BCUT2D eigenvalue weighted by molar-refractivity contribution is 6.19. The van der Waals surface area contributed by atoms with Gasteiger partial charge in [0.05, 0.1) is 35.0 Å². The molecule has 1 aliphatic heterocycles. The molecular weight excluding hydrogens is 582 g/mol. The summed E-state index contributed by atoms with van der Waals surface area (Å²) in [7, 11) is 0. The molecule has 1 saturated heterocycles. The molecule has 3 atom stereocenters. The first kappa shape index (κ1) is 26.3. The van der Waals surface area contributed by atoms with E-state index in [0.717, 1.165) is 66.0 Å². The van der Waals surface area contributed by atoms with Crippen LogP contribution >= 0.6 is 0 Å². The van der Waals surface area contributed by atoms with E-state index in [9.17, 15) is 5.26 Å². The summed E-state index contributed by atoms with van der Waals surface area (Å²) in [5, 5.41) is 27.8. The molecule has 1 aliphatic rings. The van der Waals surface area contributed by atoms with Crippen LogP contribution in [-0.2, 0) is 0 Å². The van der Waals surface area contributed by atoms with Crippen molar-refractivity contribution in [3.8, 4) is 6.07 Å². The van der Waals surface area contributed by atoms with Crippen LogP contribution < -0.4 is 16.0 Å². The van der Waals surface area contributed by atoms with Gasteiger partial charge in [-0.1, -0.05) is 78.9 Å². The predicted octanol–water partition coefficient (Wildman–Crippen LogP) is 9.10. The third kappa shape index (κ3) is 3.90. The lowest BCUT2D eigenvalue weighted by Crippen LogP contribution is -2.56. The van der Waals surface area contributed by atoms with Crippen molar-refractivity contribution in [3.63, 3.8) is 0 Å². The Morgan fingerprint density at radius 2 is 1.19 bits per heavy atom. The minimum Gasteiger partial charge on any atom is -0.452 e. The summed E-state index contributed by atoms with van der Waals surface area (Å²) in [5.41, 5.74) is 8.05. The fourth-order valence-electron chi connectivity index (χ4n) is 7.50. The van der Waals surface area contributed by atoms with E-state index in [1.54, 1.807) is 0 Å². The van der Waals surface area contributed by atoms with E-state index in [0.29, 0.717) is 5.56 Å². The number of nitriles is 1. The molecule has 9 aromatic rings. The summed E-state index contributed by atoms with van der Waals surface area (Å²) >= 11 is 0. The van der Waals surface area contributed by atoms with Crippen LogP contribution in [0.5, 0.6) is 0 Å². The number of fused-ring (bicyclic) bond motifs is 10. The van der Waals surface area contributed by atoms with Gasteiger partial charge < -0.3 is 13.4 Å². The maximum Gasteiger partial charge on any atom is 0.178 e. The molecule has 0 aliphatic carbocycles. The molecule has 0 saturated carbocycles. The van der Waals surface area contributed by atoms with E-state index in [1.165, 1.54) is 10.8 Å². The fraction of sp³-hybridized carbons (Fsp3) is 0.0750. The van der Waals surface area contributed by atoms with Gasteiger partial charge in [-0.3, -0.25) is 16.0 Å². The number of rotatable bonds is 3. The van der Waals surface area contributed by atoms with E-state index in [4.69, 9.17) is 8.83 Å². The van der Waals surface area contributed by atoms with Crippen LogP contribution in [0.4, 0.5) is 0 Å². The van der Waals surface area contributed by atoms with E-state index in [2.05, 4.69) is 105 Å². The van der Waals surface area contributed by atoms with E-state index in [-0.39, 0.29) is 18.6 Å². The molecule has 47 heavy (non-hydrogen) atoms. The van der Waals surface area contributed by atoms with Gasteiger partial charge in [0.15, 0.2) is 11.2 Å². The van der Waals surface area contributed by atoms with E-state index in [1.807, 2.05) is 48.5 Å². The zero-order valence-electron chi connectivity index (χ0n) is 25.1. The largest absolute Gasteiger partial charge is 0.452 e. The quantitative estimate of drug-likeness (QED) is 0.185. The number of hydrogen-bond donors (Lipinski definition) is 3. The minimum atomic E-state index is -0.294.